The number of methoxy groups -OCH3 is 2. The summed E-state index contributed by atoms with van der Waals surface area (Å²) in [5.74, 6) is 0.898. The number of nitrogens with two attached hydrogens (primary N) is 1. The molecule has 0 radical (unpaired) electrons. The number of rotatable bonds is 7. The van der Waals surface area contributed by atoms with E-state index in [2.05, 4.69) is 36.9 Å². The van der Waals surface area contributed by atoms with E-state index in [-0.39, 0.29) is 30.3 Å². The van der Waals surface area contributed by atoms with E-state index in [0.717, 1.165) is 28.0 Å². The Bertz CT molecular complexity index is 1140. The molecule has 1 fully saturated rings. The highest BCUT2D eigenvalue weighted by Gasteiger charge is 2.36. The van der Waals surface area contributed by atoms with Crippen LogP contribution < -0.4 is 15.2 Å². The van der Waals surface area contributed by atoms with Gasteiger partial charge in [0, 0.05) is 29.5 Å². The van der Waals surface area contributed by atoms with Crippen molar-refractivity contribution >= 4 is 17.5 Å². The van der Waals surface area contributed by atoms with Crippen molar-refractivity contribution in [1.29, 1.82) is 0 Å². The van der Waals surface area contributed by atoms with Crippen LogP contribution in [0.15, 0.2) is 41.5 Å². The smallest absolute Gasteiger partial charge is 0.257 e. The van der Waals surface area contributed by atoms with E-state index in [9.17, 15) is 9.59 Å². The Labute approximate surface area is 206 Å². The van der Waals surface area contributed by atoms with Gasteiger partial charge in [-0.25, -0.2) is 5.01 Å². The predicted octanol–water partition coefficient (Wildman–Crippen LogP) is 3.20. The largest absolute Gasteiger partial charge is 0.497 e. The first kappa shape index (κ1) is 24.7. The first-order chi connectivity index (χ1) is 16.8. The Hall–Kier alpha value is -3.39. The molecule has 2 aliphatic rings. The molecule has 1 saturated heterocycles. The quantitative estimate of drug-likeness (QED) is 0.659. The summed E-state index contributed by atoms with van der Waals surface area (Å²) in [6.07, 6.45) is 1.94. The lowest BCUT2D eigenvalue weighted by Crippen LogP contribution is -2.44. The van der Waals surface area contributed by atoms with Gasteiger partial charge in [-0.1, -0.05) is 17.7 Å². The molecule has 2 heterocycles. The van der Waals surface area contributed by atoms with Crippen LogP contribution in [0.5, 0.6) is 11.5 Å². The normalized spacial score (nSPS) is 18.9. The fraction of sp³-hybridized carbons (Fsp3) is 0.444. The molecule has 1 atom stereocenters. The van der Waals surface area contributed by atoms with E-state index in [1.54, 1.807) is 19.2 Å². The summed E-state index contributed by atoms with van der Waals surface area (Å²) in [7, 11) is 3.23. The number of amides is 2. The number of piperidine rings is 1. The number of nitrogens with zero attached hydrogens (tertiary/aromatic N) is 3. The van der Waals surface area contributed by atoms with Gasteiger partial charge in [0.1, 0.15) is 11.5 Å². The van der Waals surface area contributed by atoms with Crippen molar-refractivity contribution in [1.82, 2.24) is 9.91 Å². The average molecular weight is 479 g/mol. The molecule has 2 amide bonds. The summed E-state index contributed by atoms with van der Waals surface area (Å²) in [5, 5.41) is 6.47. The van der Waals surface area contributed by atoms with Crippen LogP contribution >= 0.6 is 0 Å². The van der Waals surface area contributed by atoms with Crippen molar-refractivity contribution in [3.05, 3.63) is 58.7 Å². The number of carbonyl (C=O) groups excluding carboxylic acids is 2. The first-order valence-corrected chi connectivity index (χ1v) is 12.0. The van der Waals surface area contributed by atoms with Crippen LogP contribution in [0.3, 0.4) is 0 Å². The van der Waals surface area contributed by atoms with Gasteiger partial charge < -0.3 is 15.2 Å². The van der Waals surface area contributed by atoms with E-state index in [1.807, 2.05) is 18.2 Å². The average Bonchev–Trinajstić information content (AvgIpc) is 3.30. The summed E-state index contributed by atoms with van der Waals surface area (Å²) in [4.78, 5) is 27.2. The minimum absolute atomic E-state index is 0.0781. The van der Waals surface area contributed by atoms with Crippen molar-refractivity contribution in [2.24, 2.45) is 16.8 Å². The third-order valence-electron chi connectivity index (χ3n) is 7.02. The van der Waals surface area contributed by atoms with Gasteiger partial charge in [0.2, 0.25) is 5.91 Å². The molecule has 2 aromatic carbocycles. The molecule has 186 valence electrons. The molecule has 2 aliphatic heterocycles. The zero-order valence-corrected chi connectivity index (χ0v) is 20.9. The molecule has 0 aromatic heterocycles. The van der Waals surface area contributed by atoms with E-state index in [1.165, 1.54) is 0 Å². The summed E-state index contributed by atoms with van der Waals surface area (Å²) >= 11 is 0. The maximum absolute atomic E-state index is 13.6. The lowest BCUT2D eigenvalue weighted by Gasteiger charge is -2.31. The summed E-state index contributed by atoms with van der Waals surface area (Å²) in [6.45, 7) is 5.69. The molecule has 2 aromatic rings. The second kappa shape index (κ2) is 10.5. The van der Waals surface area contributed by atoms with Crippen LogP contribution in [-0.2, 0) is 9.59 Å². The van der Waals surface area contributed by atoms with Crippen molar-refractivity contribution in [2.45, 2.75) is 39.2 Å². The summed E-state index contributed by atoms with van der Waals surface area (Å²) in [5.41, 5.74) is 10.6. The Morgan fingerprint density at radius 2 is 1.80 bits per heavy atom. The van der Waals surface area contributed by atoms with Gasteiger partial charge in [-0.2, -0.15) is 5.10 Å². The highest BCUT2D eigenvalue weighted by atomic mass is 16.5. The lowest BCUT2D eigenvalue weighted by atomic mass is 9.94. The Balaban J connectivity index is 1.63. The van der Waals surface area contributed by atoms with E-state index in [0.29, 0.717) is 43.9 Å². The fourth-order valence-corrected chi connectivity index (χ4v) is 4.93. The van der Waals surface area contributed by atoms with Gasteiger partial charge in [0.25, 0.3) is 5.91 Å². The molecule has 0 bridgehead atoms. The fourth-order valence-electron chi connectivity index (χ4n) is 4.93. The molecule has 35 heavy (non-hydrogen) atoms. The topological polar surface area (TPSA) is 97.5 Å². The molecule has 4 rings (SSSR count). The van der Waals surface area contributed by atoms with Crippen molar-refractivity contribution < 1.29 is 19.1 Å². The van der Waals surface area contributed by atoms with E-state index >= 15 is 0 Å². The van der Waals surface area contributed by atoms with E-state index in [4.69, 9.17) is 20.3 Å². The lowest BCUT2D eigenvalue weighted by molar-refractivity contribution is -0.134. The Kier molecular flexibility index (Phi) is 7.40. The number of aryl methyl sites for hydroxylation is 2. The number of likely N-dealkylation sites (tertiary alicyclic amines) is 1. The third-order valence-corrected chi connectivity index (χ3v) is 7.02. The highest BCUT2D eigenvalue weighted by molar-refractivity contribution is 6.04. The van der Waals surface area contributed by atoms with Gasteiger partial charge >= 0.3 is 0 Å². The van der Waals surface area contributed by atoms with Gasteiger partial charge in [-0.05, 0) is 63.5 Å². The van der Waals surface area contributed by atoms with Crippen LogP contribution in [0.2, 0.25) is 0 Å². The standard InChI is InChI=1S/C27H34N4O4/c1-17-5-6-18(2)22(13-17)23-15-24(21-8-7-20(34-3)14-25(21)35-4)31(29-23)26(32)16-30-11-9-19(10-12-30)27(28)33/h5-8,13-14,19,24H,9-12,15-16H2,1-4H3,(H2,28,33). The van der Waals surface area contributed by atoms with Crippen LogP contribution in [0, 0.1) is 19.8 Å². The third kappa shape index (κ3) is 5.32. The van der Waals surface area contributed by atoms with Crippen LogP contribution in [0.25, 0.3) is 0 Å². The maximum atomic E-state index is 13.6. The molecule has 2 N–H and O–H groups in total. The number of primary amides is 1. The van der Waals surface area contributed by atoms with Crippen LogP contribution in [0.4, 0.5) is 0 Å². The number of carbonyl (C=O) groups is 2. The monoisotopic (exact) mass is 478 g/mol. The molecule has 0 saturated carbocycles. The van der Waals surface area contributed by atoms with Crippen molar-refractivity contribution in [3.63, 3.8) is 0 Å². The van der Waals surface area contributed by atoms with Gasteiger partial charge in [-0.3, -0.25) is 14.5 Å². The van der Waals surface area contributed by atoms with Crippen molar-refractivity contribution in [2.75, 3.05) is 33.9 Å². The summed E-state index contributed by atoms with van der Waals surface area (Å²) < 4.78 is 11.0. The van der Waals surface area contributed by atoms with E-state index < -0.39 is 0 Å². The molecule has 0 aliphatic carbocycles. The minimum Gasteiger partial charge on any atom is -0.497 e. The van der Waals surface area contributed by atoms with Gasteiger partial charge in [0.15, 0.2) is 0 Å². The van der Waals surface area contributed by atoms with Crippen molar-refractivity contribution in [3.8, 4) is 11.5 Å². The zero-order chi connectivity index (χ0) is 25.1. The molecule has 0 spiro atoms. The van der Waals surface area contributed by atoms with Gasteiger partial charge in [-0.15, -0.1) is 0 Å². The molecular formula is C27H34N4O4. The highest BCUT2D eigenvalue weighted by Crippen LogP contribution is 2.39. The Morgan fingerprint density at radius 1 is 1.06 bits per heavy atom. The SMILES string of the molecule is COc1ccc(C2CC(c3cc(C)ccc3C)=NN2C(=O)CN2CCC(C(N)=O)CC2)c(OC)c1. The number of benzene rings is 2. The second-order valence-electron chi connectivity index (χ2n) is 9.38. The molecule has 1 unspecified atom stereocenters. The number of hydrogen-bond donors (Lipinski definition) is 1. The van der Waals surface area contributed by atoms with Crippen LogP contribution in [0.1, 0.15) is 47.6 Å². The number of hydrazone groups is 1. The minimum atomic E-state index is -0.290. The Morgan fingerprint density at radius 3 is 2.46 bits per heavy atom. The zero-order valence-electron chi connectivity index (χ0n) is 20.9. The summed E-state index contributed by atoms with van der Waals surface area (Å²) in [6, 6.07) is 11.7. The molecular weight excluding hydrogens is 444 g/mol. The first-order valence-electron chi connectivity index (χ1n) is 12.0. The van der Waals surface area contributed by atoms with Gasteiger partial charge in [0.05, 0.1) is 32.5 Å². The number of hydrogen-bond acceptors (Lipinski definition) is 6. The van der Waals surface area contributed by atoms with Crippen LogP contribution in [-0.4, -0.2) is 61.3 Å². The maximum Gasteiger partial charge on any atom is 0.257 e. The predicted molar refractivity (Wildman–Crippen MR) is 135 cm³/mol. The molecule has 8 heteroatoms. The second-order valence-corrected chi connectivity index (χ2v) is 9.38. The molecule has 8 nitrogen and oxygen atoms in total. The number of ether oxygens (including phenoxy) is 2.